The summed E-state index contributed by atoms with van der Waals surface area (Å²) in [6.45, 7) is 0.956. The van der Waals surface area contributed by atoms with Crippen molar-refractivity contribution in [3.05, 3.63) is 34.9 Å². The highest BCUT2D eigenvalue weighted by Gasteiger charge is 2.39. The Balaban J connectivity index is 1.82. The molecule has 2 heterocycles. The van der Waals surface area contributed by atoms with Crippen LogP contribution in [0.5, 0.6) is 0 Å². The number of hydrogen-bond donors (Lipinski definition) is 0. The molecule has 152 valence electrons. The fourth-order valence-corrected chi connectivity index (χ4v) is 3.50. The summed E-state index contributed by atoms with van der Waals surface area (Å²) >= 11 is 0. The number of imide groups is 1. The van der Waals surface area contributed by atoms with Crippen molar-refractivity contribution >= 4 is 17.7 Å². The first-order chi connectivity index (χ1) is 13.2. The number of ether oxygens (including phenoxy) is 1. The maximum Gasteiger partial charge on any atom is 0.406 e. The maximum absolute atomic E-state index is 12.8. The Hall–Kier alpha value is -2.42. The van der Waals surface area contributed by atoms with Gasteiger partial charge in [0.05, 0.1) is 23.8 Å². The summed E-state index contributed by atoms with van der Waals surface area (Å²) in [5.41, 5.74) is 0.145. The first-order valence-electron chi connectivity index (χ1n) is 9.19. The van der Waals surface area contributed by atoms with Crippen LogP contribution in [0.1, 0.15) is 57.3 Å². The lowest BCUT2D eigenvalue weighted by atomic mass is 10.0. The highest BCUT2D eigenvalue weighted by Crippen LogP contribution is 2.27. The molecule has 0 spiro atoms. The molecule has 2 aliphatic rings. The lowest BCUT2D eigenvalue weighted by Crippen LogP contribution is -2.39. The number of carbonyl (C=O) groups excluding carboxylic acids is 3. The van der Waals surface area contributed by atoms with Gasteiger partial charge in [0.15, 0.2) is 0 Å². The topological polar surface area (TPSA) is 66.9 Å². The van der Waals surface area contributed by atoms with Crippen LogP contribution >= 0.6 is 0 Å². The normalized spacial score (nSPS) is 19.3. The second kappa shape index (κ2) is 7.90. The number of benzene rings is 1. The maximum atomic E-state index is 12.8. The van der Waals surface area contributed by atoms with E-state index in [4.69, 9.17) is 4.74 Å². The van der Waals surface area contributed by atoms with Gasteiger partial charge in [0, 0.05) is 18.7 Å². The summed E-state index contributed by atoms with van der Waals surface area (Å²) < 4.78 is 43.8. The largest absolute Gasteiger partial charge is 0.406 e. The van der Waals surface area contributed by atoms with Crippen LogP contribution in [0, 0.1) is 0 Å². The zero-order valence-corrected chi connectivity index (χ0v) is 15.4. The van der Waals surface area contributed by atoms with Crippen LogP contribution in [0.4, 0.5) is 13.2 Å². The van der Waals surface area contributed by atoms with E-state index in [0.717, 1.165) is 17.7 Å². The SMILES string of the molecule is CCCN(CC(F)(F)F)C(=O)c1ccc2c(c1)C(=O)N(CC1CCCO1)C2=O. The smallest absolute Gasteiger partial charge is 0.376 e. The van der Waals surface area contributed by atoms with Crippen LogP contribution in [0.3, 0.4) is 0 Å². The number of halogens is 3. The third-order valence-corrected chi connectivity index (χ3v) is 4.78. The van der Waals surface area contributed by atoms with E-state index in [1.165, 1.54) is 18.2 Å². The van der Waals surface area contributed by atoms with Gasteiger partial charge in [0.25, 0.3) is 17.7 Å². The van der Waals surface area contributed by atoms with Crippen molar-refractivity contribution < 1.29 is 32.3 Å². The number of nitrogens with zero attached hydrogens (tertiary/aromatic N) is 2. The molecular formula is C19H21F3N2O4. The molecule has 6 nitrogen and oxygen atoms in total. The molecular weight excluding hydrogens is 377 g/mol. The summed E-state index contributed by atoms with van der Waals surface area (Å²) in [4.78, 5) is 39.5. The molecule has 0 aromatic heterocycles. The minimum Gasteiger partial charge on any atom is -0.376 e. The van der Waals surface area contributed by atoms with Crippen molar-refractivity contribution in [3.8, 4) is 0 Å². The lowest BCUT2D eigenvalue weighted by Gasteiger charge is -2.23. The molecule has 1 aromatic carbocycles. The van der Waals surface area contributed by atoms with Gasteiger partial charge in [-0.05, 0) is 37.5 Å². The number of carbonyl (C=O) groups is 3. The first-order valence-corrected chi connectivity index (χ1v) is 9.19. The molecule has 0 N–H and O–H groups in total. The molecule has 0 radical (unpaired) electrons. The molecule has 1 saturated heterocycles. The highest BCUT2D eigenvalue weighted by molar-refractivity contribution is 6.22. The average molecular weight is 398 g/mol. The zero-order chi connectivity index (χ0) is 20.5. The summed E-state index contributed by atoms with van der Waals surface area (Å²) in [6, 6.07) is 3.84. The Bertz CT molecular complexity index is 788. The van der Waals surface area contributed by atoms with E-state index in [1.807, 2.05) is 0 Å². The van der Waals surface area contributed by atoms with Gasteiger partial charge in [-0.25, -0.2) is 0 Å². The molecule has 0 saturated carbocycles. The predicted octanol–water partition coefficient (Wildman–Crippen LogP) is 2.88. The van der Waals surface area contributed by atoms with Crippen molar-refractivity contribution in [3.63, 3.8) is 0 Å². The lowest BCUT2D eigenvalue weighted by molar-refractivity contribution is -0.140. The molecule has 2 aliphatic heterocycles. The van der Waals surface area contributed by atoms with Crippen molar-refractivity contribution in [1.29, 1.82) is 0 Å². The molecule has 1 atom stereocenters. The van der Waals surface area contributed by atoms with Gasteiger partial charge in [-0.1, -0.05) is 6.92 Å². The van der Waals surface area contributed by atoms with E-state index < -0.39 is 30.4 Å². The van der Waals surface area contributed by atoms with E-state index in [0.29, 0.717) is 17.9 Å². The summed E-state index contributed by atoms with van der Waals surface area (Å²) in [7, 11) is 0. The number of hydrogen-bond acceptors (Lipinski definition) is 4. The monoisotopic (exact) mass is 398 g/mol. The average Bonchev–Trinajstić information content (AvgIpc) is 3.23. The number of rotatable bonds is 6. The van der Waals surface area contributed by atoms with Gasteiger partial charge in [-0.15, -0.1) is 0 Å². The first kappa shape index (κ1) is 20.3. The van der Waals surface area contributed by atoms with Gasteiger partial charge in [-0.2, -0.15) is 13.2 Å². The molecule has 28 heavy (non-hydrogen) atoms. The van der Waals surface area contributed by atoms with E-state index in [1.54, 1.807) is 6.92 Å². The molecule has 9 heteroatoms. The van der Waals surface area contributed by atoms with Gasteiger partial charge in [-0.3, -0.25) is 19.3 Å². The summed E-state index contributed by atoms with van der Waals surface area (Å²) in [5, 5.41) is 0. The van der Waals surface area contributed by atoms with E-state index in [-0.39, 0.29) is 35.9 Å². The number of fused-ring (bicyclic) bond motifs is 1. The van der Waals surface area contributed by atoms with Crippen LogP contribution in [0.2, 0.25) is 0 Å². The summed E-state index contributed by atoms with van der Waals surface area (Å²) in [5.74, 6) is -1.85. The number of amides is 3. The third kappa shape index (κ3) is 4.19. The quantitative estimate of drug-likeness (QED) is 0.691. The molecule has 0 bridgehead atoms. The Kier molecular flexibility index (Phi) is 5.74. The molecule has 3 rings (SSSR count). The highest BCUT2D eigenvalue weighted by atomic mass is 19.4. The Morgan fingerprint density at radius 1 is 1.25 bits per heavy atom. The minimum absolute atomic E-state index is 0.0392. The van der Waals surface area contributed by atoms with Crippen LogP contribution < -0.4 is 0 Å². The standard InChI is InChI=1S/C19H21F3N2O4/c1-2-7-23(11-19(20,21)22)16(25)12-5-6-14-15(9-12)18(27)24(17(14)26)10-13-4-3-8-28-13/h5-6,9,13H,2-4,7-8,10-11H2,1H3. The van der Waals surface area contributed by atoms with Gasteiger partial charge >= 0.3 is 6.18 Å². The molecule has 1 fully saturated rings. The Morgan fingerprint density at radius 3 is 2.57 bits per heavy atom. The van der Waals surface area contributed by atoms with Crippen molar-refractivity contribution in [2.75, 3.05) is 26.2 Å². The van der Waals surface area contributed by atoms with E-state index in [9.17, 15) is 27.6 Å². The second-order valence-corrected chi connectivity index (χ2v) is 6.96. The van der Waals surface area contributed by atoms with Crippen LogP contribution in [-0.2, 0) is 4.74 Å². The fourth-order valence-electron chi connectivity index (χ4n) is 3.50. The Morgan fingerprint density at radius 2 is 1.96 bits per heavy atom. The van der Waals surface area contributed by atoms with Crippen LogP contribution in [0.15, 0.2) is 18.2 Å². The minimum atomic E-state index is -4.52. The Labute approximate surface area is 160 Å². The van der Waals surface area contributed by atoms with Gasteiger partial charge in [0.2, 0.25) is 0 Å². The van der Waals surface area contributed by atoms with Crippen molar-refractivity contribution in [1.82, 2.24) is 9.80 Å². The fraction of sp³-hybridized carbons (Fsp3) is 0.526. The third-order valence-electron chi connectivity index (χ3n) is 4.78. The van der Waals surface area contributed by atoms with Crippen molar-refractivity contribution in [2.45, 2.75) is 38.5 Å². The molecule has 0 aliphatic carbocycles. The second-order valence-electron chi connectivity index (χ2n) is 6.96. The predicted molar refractivity (Wildman–Crippen MR) is 93.0 cm³/mol. The van der Waals surface area contributed by atoms with Gasteiger partial charge < -0.3 is 9.64 Å². The van der Waals surface area contributed by atoms with Crippen LogP contribution in [0.25, 0.3) is 0 Å². The number of alkyl halides is 3. The van der Waals surface area contributed by atoms with E-state index >= 15 is 0 Å². The van der Waals surface area contributed by atoms with Crippen LogP contribution in [-0.4, -0.2) is 66.0 Å². The van der Waals surface area contributed by atoms with Crippen molar-refractivity contribution in [2.24, 2.45) is 0 Å². The van der Waals surface area contributed by atoms with Gasteiger partial charge in [0.1, 0.15) is 6.54 Å². The molecule has 1 aromatic rings. The molecule has 3 amide bonds. The van der Waals surface area contributed by atoms with E-state index in [2.05, 4.69) is 0 Å². The summed E-state index contributed by atoms with van der Waals surface area (Å²) in [6.07, 6.45) is -2.76. The molecule has 1 unspecified atom stereocenters. The zero-order valence-electron chi connectivity index (χ0n) is 15.4.